The van der Waals surface area contributed by atoms with E-state index in [0.29, 0.717) is 9.20 Å². The zero-order valence-corrected chi connectivity index (χ0v) is 14.4. The maximum Gasteiger partial charge on any atom is 0.266 e. The predicted octanol–water partition coefficient (Wildman–Crippen LogP) is 2.28. The molecular formula is C18H21NO2S. The molecule has 1 aromatic heterocycles. The van der Waals surface area contributed by atoms with Crippen molar-refractivity contribution < 1.29 is 4.79 Å². The monoisotopic (exact) mass is 315 g/mol. The number of Topliss-reactive ketones (excluding diaryl/α,β-unsaturated/α-hetero) is 1. The molecule has 1 heterocycles. The highest BCUT2D eigenvalue weighted by Crippen LogP contribution is 2.14. The van der Waals surface area contributed by atoms with E-state index in [-0.39, 0.29) is 11.3 Å². The van der Waals surface area contributed by atoms with Crippen LogP contribution in [-0.4, -0.2) is 10.8 Å². The van der Waals surface area contributed by atoms with Crippen molar-refractivity contribution >= 4 is 29.3 Å². The molecule has 0 saturated heterocycles. The van der Waals surface area contributed by atoms with Crippen molar-refractivity contribution in [3.8, 4) is 0 Å². The Morgan fingerprint density at radius 1 is 1.18 bits per heavy atom. The van der Waals surface area contributed by atoms with E-state index in [1.807, 2.05) is 45.9 Å². The van der Waals surface area contributed by atoms with Crippen molar-refractivity contribution in [1.82, 2.24) is 4.98 Å². The lowest BCUT2D eigenvalue weighted by molar-refractivity contribution is -0.119. The smallest absolute Gasteiger partial charge is 0.266 e. The van der Waals surface area contributed by atoms with Gasteiger partial charge in [0.05, 0.1) is 9.20 Å². The molecule has 0 spiro atoms. The zero-order chi connectivity index (χ0) is 16.5. The molecule has 22 heavy (non-hydrogen) atoms. The van der Waals surface area contributed by atoms with Crippen LogP contribution in [0.4, 0.5) is 0 Å². The number of hydrogen-bond donors (Lipinski definition) is 1. The number of aromatic nitrogens is 1. The average Bonchev–Trinajstić information content (AvgIpc) is 2.73. The second-order valence-electron chi connectivity index (χ2n) is 6.53. The summed E-state index contributed by atoms with van der Waals surface area (Å²) >= 11 is 1.31. The molecule has 0 atom stereocenters. The van der Waals surface area contributed by atoms with E-state index in [1.165, 1.54) is 28.5 Å². The first-order valence-corrected chi connectivity index (χ1v) is 8.03. The summed E-state index contributed by atoms with van der Waals surface area (Å²) in [6.45, 7) is 9.69. The summed E-state index contributed by atoms with van der Waals surface area (Å²) in [4.78, 5) is 26.8. The summed E-state index contributed by atoms with van der Waals surface area (Å²) in [7, 11) is 0. The Kier molecular flexibility index (Phi) is 4.52. The van der Waals surface area contributed by atoms with Gasteiger partial charge in [0.15, 0.2) is 5.78 Å². The minimum absolute atomic E-state index is 0.00253. The van der Waals surface area contributed by atoms with E-state index in [0.717, 1.165) is 5.56 Å². The van der Waals surface area contributed by atoms with Gasteiger partial charge in [-0.2, -0.15) is 0 Å². The van der Waals surface area contributed by atoms with Crippen molar-refractivity contribution in [2.24, 2.45) is 5.41 Å². The van der Waals surface area contributed by atoms with E-state index in [1.54, 1.807) is 0 Å². The van der Waals surface area contributed by atoms with Crippen molar-refractivity contribution in [2.75, 3.05) is 0 Å². The first-order valence-electron chi connectivity index (χ1n) is 7.21. The van der Waals surface area contributed by atoms with Crippen LogP contribution in [-0.2, 0) is 4.79 Å². The lowest BCUT2D eigenvalue weighted by Gasteiger charge is -2.12. The average molecular weight is 315 g/mol. The number of rotatable bonds is 2. The second kappa shape index (κ2) is 6.05. The van der Waals surface area contributed by atoms with Crippen LogP contribution >= 0.6 is 11.3 Å². The molecule has 0 aliphatic carbocycles. The van der Waals surface area contributed by atoms with Crippen molar-refractivity contribution in [3.05, 3.63) is 54.4 Å². The maximum atomic E-state index is 12.0. The SMILES string of the molecule is Cc1ccc(C=c2sc(=CC(=O)C(C)(C)C)[nH]c2=O)cc1C. The fourth-order valence-electron chi connectivity index (χ4n) is 1.87. The Bertz CT molecular complexity index is 879. The molecular weight excluding hydrogens is 294 g/mol. The highest BCUT2D eigenvalue weighted by Gasteiger charge is 2.18. The first kappa shape index (κ1) is 16.4. The molecule has 2 aromatic rings. The Hall–Kier alpha value is -1.94. The number of carbonyl (C=O) groups excluding carboxylic acids is 1. The normalized spacial score (nSPS) is 13.7. The standard InChI is InChI=1S/C18H21NO2S/c1-11-6-7-13(8-12(11)2)9-14-17(21)19-16(22-14)10-15(20)18(3,4)5/h6-10H,1-5H3,(H,19,21). The van der Waals surface area contributed by atoms with Crippen molar-refractivity contribution in [1.29, 1.82) is 0 Å². The molecule has 0 aliphatic heterocycles. The van der Waals surface area contributed by atoms with Crippen LogP contribution in [0, 0.1) is 19.3 Å². The number of carbonyl (C=O) groups is 1. The molecule has 0 unspecified atom stereocenters. The lowest BCUT2D eigenvalue weighted by atomic mass is 9.91. The molecule has 0 aliphatic rings. The fraction of sp³-hybridized carbons (Fsp3) is 0.333. The molecule has 116 valence electrons. The number of aromatic amines is 1. The van der Waals surface area contributed by atoms with E-state index >= 15 is 0 Å². The minimum atomic E-state index is -0.446. The molecule has 0 bridgehead atoms. The highest BCUT2D eigenvalue weighted by atomic mass is 32.1. The molecule has 0 amide bonds. The van der Waals surface area contributed by atoms with Crippen molar-refractivity contribution in [3.63, 3.8) is 0 Å². The molecule has 1 N–H and O–H groups in total. The fourth-order valence-corrected chi connectivity index (χ4v) is 2.75. The van der Waals surface area contributed by atoms with Gasteiger partial charge in [0, 0.05) is 11.5 Å². The van der Waals surface area contributed by atoms with E-state index in [4.69, 9.17) is 0 Å². The molecule has 0 saturated carbocycles. The van der Waals surface area contributed by atoms with Gasteiger partial charge in [-0.05, 0) is 36.6 Å². The lowest BCUT2D eigenvalue weighted by Crippen LogP contribution is -2.22. The Morgan fingerprint density at radius 2 is 1.86 bits per heavy atom. The van der Waals surface area contributed by atoms with Crippen molar-refractivity contribution in [2.45, 2.75) is 34.6 Å². The third-order valence-electron chi connectivity index (χ3n) is 3.51. The number of ketones is 1. The number of hydrogen-bond acceptors (Lipinski definition) is 3. The molecule has 3 nitrogen and oxygen atoms in total. The maximum absolute atomic E-state index is 12.0. The summed E-state index contributed by atoms with van der Waals surface area (Å²) in [6.07, 6.45) is 3.37. The third kappa shape index (κ3) is 3.83. The summed E-state index contributed by atoms with van der Waals surface area (Å²) < 4.78 is 1.20. The Labute approximate surface area is 134 Å². The number of thiazole rings is 1. The highest BCUT2D eigenvalue weighted by molar-refractivity contribution is 7.07. The van der Waals surface area contributed by atoms with Crippen LogP contribution in [0.1, 0.15) is 37.5 Å². The summed E-state index contributed by atoms with van der Waals surface area (Å²) in [5.74, 6) is 0.00253. The molecule has 4 heteroatoms. The molecule has 0 radical (unpaired) electrons. The Morgan fingerprint density at radius 3 is 2.45 bits per heavy atom. The molecule has 1 aromatic carbocycles. The third-order valence-corrected chi connectivity index (χ3v) is 4.47. The van der Waals surface area contributed by atoms with Gasteiger partial charge in [-0.15, -0.1) is 11.3 Å². The van der Waals surface area contributed by atoms with Crippen LogP contribution in [0.3, 0.4) is 0 Å². The predicted molar refractivity (Wildman–Crippen MR) is 92.6 cm³/mol. The largest absolute Gasteiger partial charge is 0.313 e. The summed E-state index contributed by atoms with van der Waals surface area (Å²) in [5.41, 5.74) is 2.80. The van der Waals surface area contributed by atoms with Crippen LogP contribution in [0.5, 0.6) is 0 Å². The topological polar surface area (TPSA) is 49.9 Å². The van der Waals surface area contributed by atoms with E-state index in [2.05, 4.69) is 18.0 Å². The Balaban J connectivity index is 2.48. The second-order valence-corrected chi connectivity index (χ2v) is 7.62. The van der Waals surface area contributed by atoms with Gasteiger partial charge < -0.3 is 4.98 Å². The molecule has 0 fully saturated rings. The number of nitrogens with one attached hydrogen (secondary N) is 1. The minimum Gasteiger partial charge on any atom is -0.313 e. The quantitative estimate of drug-likeness (QED) is 0.924. The van der Waals surface area contributed by atoms with Crippen LogP contribution < -0.4 is 14.8 Å². The van der Waals surface area contributed by atoms with Gasteiger partial charge in [0.25, 0.3) is 5.56 Å². The number of benzene rings is 1. The number of aryl methyl sites for hydroxylation is 2. The van der Waals surface area contributed by atoms with Gasteiger partial charge >= 0.3 is 0 Å². The summed E-state index contributed by atoms with van der Waals surface area (Å²) in [6, 6.07) is 6.09. The van der Waals surface area contributed by atoms with Gasteiger partial charge in [-0.3, -0.25) is 9.59 Å². The molecule has 2 rings (SSSR count). The van der Waals surface area contributed by atoms with Crippen LogP contribution in [0.15, 0.2) is 23.0 Å². The van der Waals surface area contributed by atoms with E-state index in [9.17, 15) is 9.59 Å². The van der Waals surface area contributed by atoms with Crippen LogP contribution in [0.25, 0.3) is 12.2 Å². The van der Waals surface area contributed by atoms with Gasteiger partial charge in [0.1, 0.15) is 0 Å². The van der Waals surface area contributed by atoms with Gasteiger partial charge in [-0.1, -0.05) is 39.0 Å². The first-order chi connectivity index (χ1) is 10.2. The zero-order valence-electron chi connectivity index (χ0n) is 13.6. The summed E-state index contributed by atoms with van der Waals surface area (Å²) in [5, 5.41) is 0. The van der Waals surface area contributed by atoms with Crippen LogP contribution in [0.2, 0.25) is 0 Å². The number of H-pyrrole nitrogens is 1. The van der Waals surface area contributed by atoms with E-state index < -0.39 is 5.41 Å². The van der Waals surface area contributed by atoms with Gasteiger partial charge in [-0.25, -0.2) is 0 Å². The van der Waals surface area contributed by atoms with Gasteiger partial charge in [0.2, 0.25) is 0 Å².